The molecule has 23 heavy (non-hydrogen) atoms. The van der Waals surface area contributed by atoms with Gasteiger partial charge in [-0.05, 0) is 36.5 Å². The Morgan fingerprint density at radius 2 is 1.91 bits per heavy atom. The van der Waals surface area contributed by atoms with Crippen LogP contribution in [0, 0.1) is 0 Å². The molecule has 2 N–H and O–H groups in total. The lowest BCUT2D eigenvalue weighted by Crippen LogP contribution is -2.40. The number of sulfonamides is 1. The van der Waals surface area contributed by atoms with Crippen LogP contribution < -0.4 is 10.9 Å². The number of halogens is 1. The fourth-order valence-corrected chi connectivity index (χ4v) is 4.62. The number of hydrazine groups is 1. The second-order valence-corrected chi connectivity index (χ2v) is 8.38. The van der Waals surface area contributed by atoms with E-state index in [2.05, 4.69) is 15.8 Å². The number of hydrogen-bond donors (Lipinski definition) is 2. The van der Waals surface area contributed by atoms with E-state index in [1.54, 1.807) is 4.31 Å². The van der Waals surface area contributed by atoms with Gasteiger partial charge in [-0.25, -0.2) is 18.1 Å². The summed E-state index contributed by atoms with van der Waals surface area (Å²) in [5, 5.41) is 0.728. The average Bonchev–Trinajstić information content (AvgIpc) is 3.08. The molecule has 0 spiro atoms. The van der Waals surface area contributed by atoms with Crippen LogP contribution >= 0.6 is 11.6 Å². The summed E-state index contributed by atoms with van der Waals surface area (Å²) in [4.78, 5) is 4.14. The monoisotopic (exact) mass is 356 g/mol. The lowest BCUT2D eigenvalue weighted by atomic mass is 9.90. The van der Waals surface area contributed by atoms with E-state index in [1.807, 2.05) is 24.3 Å². The molecule has 0 amide bonds. The molecule has 0 bridgehead atoms. The van der Waals surface area contributed by atoms with E-state index in [1.165, 1.54) is 5.56 Å². The number of nitrogens with zero attached hydrogens (tertiary/aromatic N) is 2. The maximum atomic E-state index is 12.4. The van der Waals surface area contributed by atoms with Crippen LogP contribution in [0.3, 0.4) is 0 Å². The Morgan fingerprint density at radius 1 is 1.22 bits per heavy atom. The Balaban J connectivity index is 1.54. The van der Waals surface area contributed by atoms with Crippen molar-refractivity contribution in [2.24, 2.45) is 4.99 Å². The summed E-state index contributed by atoms with van der Waals surface area (Å²) in [6.45, 7) is 1.66. The Hall–Kier alpha value is -1.15. The van der Waals surface area contributed by atoms with Crippen molar-refractivity contribution in [1.29, 1.82) is 0 Å². The first-order valence-electron chi connectivity index (χ1n) is 7.80. The molecule has 1 saturated heterocycles. The molecule has 8 heteroatoms. The molecule has 0 unspecified atom stereocenters. The van der Waals surface area contributed by atoms with Crippen LogP contribution in [-0.2, 0) is 10.0 Å². The third-order valence-electron chi connectivity index (χ3n) is 4.37. The predicted molar refractivity (Wildman–Crippen MR) is 92.0 cm³/mol. The van der Waals surface area contributed by atoms with Crippen molar-refractivity contribution in [2.75, 3.05) is 25.5 Å². The molecule has 0 saturated carbocycles. The van der Waals surface area contributed by atoms with Crippen LogP contribution in [0.25, 0.3) is 0 Å². The van der Waals surface area contributed by atoms with Gasteiger partial charge in [0.25, 0.3) is 0 Å². The number of rotatable bonds is 5. The fourth-order valence-electron chi connectivity index (χ4n) is 3.01. The Kier molecular flexibility index (Phi) is 5.21. The molecule has 0 aliphatic carbocycles. The van der Waals surface area contributed by atoms with Gasteiger partial charge in [0.2, 0.25) is 10.0 Å². The van der Waals surface area contributed by atoms with Gasteiger partial charge in [0.15, 0.2) is 0 Å². The third-order valence-corrected chi connectivity index (χ3v) is 6.49. The molecular formula is C15H21ClN4O2S. The predicted octanol–water partition coefficient (Wildman–Crippen LogP) is 1.70. The number of amidine groups is 1. The highest BCUT2D eigenvalue weighted by atomic mass is 35.5. The van der Waals surface area contributed by atoms with Crippen molar-refractivity contribution < 1.29 is 8.42 Å². The average molecular weight is 357 g/mol. The molecule has 1 aromatic carbocycles. The van der Waals surface area contributed by atoms with Gasteiger partial charge in [0, 0.05) is 24.5 Å². The maximum Gasteiger partial charge on any atom is 0.214 e. The van der Waals surface area contributed by atoms with E-state index in [9.17, 15) is 8.42 Å². The van der Waals surface area contributed by atoms with Gasteiger partial charge in [-0.15, -0.1) is 0 Å². The van der Waals surface area contributed by atoms with Gasteiger partial charge in [-0.2, -0.15) is 0 Å². The number of aliphatic imine (C=N–C) groups is 1. The molecule has 126 valence electrons. The Labute approximate surface area is 141 Å². The van der Waals surface area contributed by atoms with Crippen LogP contribution in [0.15, 0.2) is 29.3 Å². The molecular weight excluding hydrogens is 336 g/mol. The minimum Gasteiger partial charge on any atom is -0.308 e. The van der Waals surface area contributed by atoms with E-state index >= 15 is 0 Å². The van der Waals surface area contributed by atoms with Gasteiger partial charge in [0.1, 0.15) is 12.5 Å². The zero-order valence-electron chi connectivity index (χ0n) is 12.8. The summed E-state index contributed by atoms with van der Waals surface area (Å²) in [6.07, 6.45) is 2.12. The first-order valence-corrected chi connectivity index (χ1v) is 9.79. The summed E-state index contributed by atoms with van der Waals surface area (Å²) in [6, 6.07) is 7.86. The van der Waals surface area contributed by atoms with Gasteiger partial charge in [-0.3, -0.25) is 4.99 Å². The number of hydrogen-bond acceptors (Lipinski definition) is 5. The fraction of sp³-hybridized carbons (Fsp3) is 0.533. The van der Waals surface area contributed by atoms with Crippen molar-refractivity contribution >= 4 is 27.5 Å². The topological polar surface area (TPSA) is 73.8 Å². The lowest BCUT2D eigenvalue weighted by molar-refractivity contribution is 0.319. The van der Waals surface area contributed by atoms with Crippen molar-refractivity contribution in [3.63, 3.8) is 0 Å². The van der Waals surface area contributed by atoms with Gasteiger partial charge in [0.05, 0.1) is 5.75 Å². The zero-order valence-corrected chi connectivity index (χ0v) is 14.4. The van der Waals surface area contributed by atoms with Crippen LogP contribution in [0.5, 0.6) is 0 Å². The van der Waals surface area contributed by atoms with E-state index in [4.69, 9.17) is 11.6 Å². The van der Waals surface area contributed by atoms with Crippen LogP contribution in [-0.4, -0.2) is 44.1 Å². The maximum absolute atomic E-state index is 12.4. The molecule has 0 aromatic heterocycles. The van der Waals surface area contributed by atoms with Crippen LogP contribution in [0.1, 0.15) is 30.7 Å². The van der Waals surface area contributed by atoms with Gasteiger partial charge < -0.3 is 5.43 Å². The standard InChI is InChI=1S/C15H21ClN4O2S/c16-14-3-1-12(2-4-14)13-5-8-20(9-6-13)23(21,22)10-7-15-17-11-18-19-15/h1-4,13,18H,5-11H2,(H,17,19). The molecule has 3 rings (SSSR count). The first kappa shape index (κ1) is 16.7. The highest BCUT2D eigenvalue weighted by Gasteiger charge is 2.28. The van der Waals surface area contributed by atoms with Crippen molar-refractivity contribution in [3.05, 3.63) is 34.9 Å². The Bertz CT molecular complexity index is 667. The molecule has 1 fully saturated rings. The first-order chi connectivity index (χ1) is 11.0. The molecule has 0 atom stereocenters. The van der Waals surface area contributed by atoms with Gasteiger partial charge >= 0.3 is 0 Å². The molecule has 1 aromatic rings. The Morgan fingerprint density at radius 3 is 2.52 bits per heavy atom. The molecule has 2 aliphatic rings. The number of nitrogens with one attached hydrogen (secondary N) is 2. The molecule has 2 aliphatic heterocycles. The van der Waals surface area contributed by atoms with E-state index in [-0.39, 0.29) is 5.75 Å². The number of piperidine rings is 1. The highest BCUT2D eigenvalue weighted by molar-refractivity contribution is 7.89. The summed E-state index contributed by atoms with van der Waals surface area (Å²) in [5.41, 5.74) is 6.95. The summed E-state index contributed by atoms with van der Waals surface area (Å²) >= 11 is 5.92. The smallest absolute Gasteiger partial charge is 0.214 e. The van der Waals surface area contributed by atoms with Gasteiger partial charge in [-0.1, -0.05) is 23.7 Å². The summed E-state index contributed by atoms with van der Waals surface area (Å²) in [7, 11) is -3.22. The van der Waals surface area contributed by atoms with Crippen molar-refractivity contribution in [3.8, 4) is 0 Å². The number of benzene rings is 1. The SMILES string of the molecule is O=S(=O)(CCC1=NCNN1)N1CCC(c2ccc(Cl)cc2)CC1. The van der Waals surface area contributed by atoms with Crippen LogP contribution in [0.2, 0.25) is 5.02 Å². The van der Waals surface area contributed by atoms with Crippen molar-refractivity contribution in [2.45, 2.75) is 25.2 Å². The van der Waals surface area contributed by atoms with E-state index in [0.29, 0.717) is 37.9 Å². The van der Waals surface area contributed by atoms with Crippen molar-refractivity contribution in [1.82, 2.24) is 15.2 Å². The second-order valence-electron chi connectivity index (χ2n) is 5.86. The van der Waals surface area contributed by atoms with E-state index in [0.717, 1.165) is 17.9 Å². The summed E-state index contributed by atoms with van der Waals surface area (Å²) in [5.74, 6) is 1.22. The second kappa shape index (κ2) is 7.17. The molecule has 6 nitrogen and oxygen atoms in total. The summed E-state index contributed by atoms with van der Waals surface area (Å²) < 4.78 is 26.5. The molecule has 0 radical (unpaired) electrons. The van der Waals surface area contributed by atoms with E-state index < -0.39 is 10.0 Å². The highest BCUT2D eigenvalue weighted by Crippen LogP contribution is 2.30. The largest absolute Gasteiger partial charge is 0.308 e. The minimum atomic E-state index is -3.22. The minimum absolute atomic E-state index is 0.103. The lowest BCUT2D eigenvalue weighted by Gasteiger charge is -2.31. The quantitative estimate of drug-likeness (QED) is 0.842. The zero-order chi connectivity index (χ0) is 16.3. The third kappa shape index (κ3) is 4.23. The molecule has 2 heterocycles. The normalized spacial score (nSPS) is 20.3. The van der Waals surface area contributed by atoms with Crippen LogP contribution in [0.4, 0.5) is 0 Å².